The Morgan fingerprint density at radius 3 is 2.72 bits per heavy atom. The molecule has 0 unspecified atom stereocenters. The molecule has 0 aliphatic carbocycles. The van der Waals surface area contributed by atoms with Gasteiger partial charge in [-0.1, -0.05) is 23.7 Å². The molecule has 0 spiro atoms. The van der Waals surface area contributed by atoms with Crippen LogP contribution in [0.1, 0.15) is 23.6 Å². The topological polar surface area (TPSA) is 61.9 Å². The summed E-state index contributed by atoms with van der Waals surface area (Å²) in [7, 11) is -1.47. The van der Waals surface area contributed by atoms with E-state index in [-0.39, 0.29) is 10.3 Å². The Labute approximate surface area is 181 Å². The third-order valence-electron chi connectivity index (χ3n) is 5.61. The Bertz CT molecular complexity index is 958. The Hall–Kier alpha value is -1.16. The maximum atomic E-state index is 12.7. The zero-order valence-electron chi connectivity index (χ0n) is 16.4. The van der Waals surface area contributed by atoms with E-state index >= 15 is 0 Å². The van der Waals surface area contributed by atoms with Gasteiger partial charge in [0, 0.05) is 45.0 Å². The molecular formula is C20H26ClN3O3S2. The zero-order chi connectivity index (χ0) is 20.4. The average molecular weight is 456 g/mol. The summed E-state index contributed by atoms with van der Waals surface area (Å²) >= 11 is 7.00. The maximum absolute atomic E-state index is 12.7. The molecule has 2 aliphatic rings. The van der Waals surface area contributed by atoms with Crippen molar-refractivity contribution >= 4 is 38.6 Å². The summed E-state index contributed by atoms with van der Waals surface area (Å²) in [5.74, 6) is 0. The molecule has 1 atom stereocenters. The van der Waals surface area contributed by atoms with Crippen LogP contribution in [0.2, 0.25) is 4.34 Å². The summed E-state index contributed by atoms with van der Waals surface area (Å²) in [6.45, 7) is 4.28. The van der Waals surface area contributed by atoms with Gasteiger partial charge in [0.05, 0.1) is 17.6 Å². The van der Waals surface area contributed by atoms with Gasteiger partial charge in [-0.2, -0.15) is 0 Å². The first-order chi connectivity index (χ1) is 13.9. The molecule has 29 heavy (non-hydrogen) atoms. The molecule has 0 saturated carbocycles. The average Bonchev–Trinajstić information content (AvgIpc) is 3.16. The SMILES string of the molecule is CN1CCCc2cc([C@H](CNS(=O)(=O)c3ccc(Cl)s3)N3CCOCC3)ccc21. The van der Waals surface area contributed by atoms with E-state index in [1.165, 1.54) is 11.3 Å². The van der Waals surface area contributed by atoms with Crippen molar-refractivity contribution in [2.75, 3.05) is 51.3 Å². The molecule has 4 rings (SSSR count). The molecule has 0 bridgehead atoms. The molecule has 0 amide bonds. The van der Waals surface area contributed by atoms with Crippen LogP contribution in [0.3, 0.4) is 0 Å². The number of fused-ring (bicyclic) bond motifs is 1. The van der Waals surface area contributed by atoms with Crippen LogP contribution in [-0.4, -0.2) is 59.8 Å². The highest BCUT2D eigenvalue weighted by Crippen LogP contribution is 2.31. The van der Waals surface area contributed by atoms with Gasteiger partial charge >= 0.3 is 0 Å². The quantitative estimate of drug-likeness (QED) is 0.725. The van der Waals surface area contributed by atoms with Crippen LogP contribution < -0.4 is 9.62 Å². The largest absolute Gasteiger partial charge is 0.379 e. The normalized spacial score (nSPS) is 19.2. The van der Waals surface area contributed by atoms with Crippen molar-refractivity contribution in [3.63, 3.8) is 0 Å². The second-order valence-electron chi connectivity index (χ2n) is 7.49. The molecule has 3 heterocycles. The summed E-state index contributed by atoms with van der Waals surface area (Å²) in [4.78, 5) is 4.59. The number of thiophene rings is 1. The predicted octanol–water partition coefficient (Wildman–Crippen LogP) is 3.14. The summed E-state index contributed by atoms with van der Waals surface area (Å²) in [6, 6.07) is 9.68. The molecule has 9 heteroatoms. The predicted molar refractivity (Wildman–Crippen MR) is 118 cm³/mol. The van der Waals surface area contributed by atoms with Crippen molar-refractivity contribution in [3.8, 4) is 0 Å². The molecule has 1 aromatic heterocycles. The van der Waals surface area contributed by atoms with Crippen molar-refractivity contribution in [2.24, 2.45) is 0 Å². The first-order valence-electron chi connectivity index (χ1n) is 9.85. The van der Waals surface area contributed by atoms with E-state index in [9.17, 15) is 8.42 Å². The lowest BCUT2D eigenvalue weighted by Crippen LogP contribution is -2.43. The highest BCUT2D eigenvalue weighted by atomic mass is 35.5. The fourth-order valence-electron chi connectivity index (χ4n) is 4.06. The summed E-state index contributed by atoms with van der Waals surface area (Å²) in [6.07, 6.45) is 2.20. The molecule has 6 nitrogen and oxygen atoms in total. The Morgan fingerprint density at radius 2 is 2.00 bits per heavy atom. The van der Waals surface area contributed by atoms with Crippen molar-refractivity contribution in [1.82, 2.24) is 9.62 Å². The lowest BCUT2D eigenvalue weighted by atomic mass is 9.96. The number of hydrogen-bond donors (Lipinski definition) is 1. The standard InChI is InChI=1S/C20H26ClN3O3S2/c1-23-8-2-3-15-13-16(4-5-17(15)23)18(24-9-11-27-12-10-24)14-22-29(25,26)20-7-6-19(21)28-20/h4-7,13,18,22H,2-3,8-12,14H2,1H3/t18-/m0/s1. The van der Waals surface area contributed by atoms with Crippen LogP contribution in [0.25, 0.3) is 0 Å². The maximum Gasteiger partial charge on any atom is 0.250 e. The number of hydrogen-bond acceptors (Lipinski definition) is 6. The Balaban J connectivity index is 1.58. The van der Waals surface area contributed by atoms with Crippen molar-refractivity contribution in [3.05, 3.63) is 45.8 Å². The van der Waals surface area contributed by atoms with Crippen LogP contribution in [0.4, 0.5) is 5.69 Å². The summed E-state index contributed by atoms with van der Waals surface area (Å²) < 4.78 is 34.5. The molecule has 1 saturated heterocycles. The summed E-state index contributed by atoms with van der Waals surface area (Å²) in [5.41, 5.74) is 3.75. The molecule has 2 aromatic rings. The minimum absolute atomic E-state index is 0.0401. The number of benzene rings is 1. The van der Waals surface area contributed by atoms with Gasteiger partial charge in [0.15, 0.2) is 0 Å². The third kappa shape index (κ3) is 4.78. The van der Waals surface area contributed by atoms with Gasteiger partial charge < -0.3 is 9.64 Å². The van der Waals surface area contributed by atoms with Crippen LogP contribution in [0.15, 0.2) is 34.5 Å². The number of halogens is 1. The molecule has 0 radical (unpaired) electrons. The van der Waals surface area contributed by atoms with Crippen LogP contribution in [-0.2, 0) is 21.2 Å². The van der Waals surface area contributed by atoms with E-state index < -0.39 is 10.0 Å². The first-order valence-corrected chi connectivity index (χ1v) is 12.5. The van der Waals surface area contributed by atoms with E-state index in [0.29, 0.717) is 24.1 Å². The lowest BCUT2D eigenvalue weighted by Gasteiger charge is -2.36. The fourth-order valence-corrected chi connectivity index (χ4v) is 6.63. The van der Waals surface area contributed by atoms with Crippen molar-refractivity contribution in [1.29, 1.82) is 0 Å². The second kappa shape index (κ2) is 8.91. The van der Waals surface area contributed by atoms with Gasteiger partial charge in [0.1, 0.15) is 4.21 Å². The summed E-state index contributed by atoms with van der Waals surface area (Å²) in [5, 5.41) is 0. The van der Waals surface area contributed by atoms with Gasteiger partial charge in [0.2, 0.25) is 10.0 Å². The number of ether oxygens (including phenoxy) is 1. The van der Waals surface area contributed by atoms with E-state index in [1.807, 2.05) is 0 Å². The number of morpholine rings is 1. The highest BCUT2D eigenvalue weighted by molar-refractivity contribution is 7.91. The molecule has 2 aliphatic heterocycles. The molecule has 158 valence electrons. The molecular weight excluding hydrogens is 430 g/mol. The number of aryl methyl sites for hydroxylation is 1. The van der Waals surface area contributed by atoms with Gasteiger partial charge in [-0.15, -0.1) is 11.3 Å². The minimum atomic E-state index is -3.59. The van der Waals surface area contributed by atoms with E-state index in [4.69, 9.17) is 16.3 Å². The molecule has 1 fully saturated rings. The third-order valence-corrected chi connectivity index (χ3v) is 8.75. The number of rotatable bonds is 6. The second-order valence-corrected chi connectivity index (χ2v) is 11.2. The molecule has 1 N–H and O–H groups in total. The van der Waals surface area contributed by atoms with Crippen LogP contribution in [0, 0.1) is 0 Å². The van der Waals surface area contributed by atoms with Gasteiger partial charge in [0.25, 0.3) is 0 Å². The van der Waals surface area contributed by atoms with Crippen molar-refractivity contribution in [2.45, 2.75) is 23.1 Å². The van der Waals surface area contributed by atoms with Crippen LogP contribution >= 0.6 is 22.9 Å². The number of anilines is 1. The van der Waals surface area contributed by atoms with Gasteiger partial charge in [-0.05, 0) is 42.2 Å². The van der Waals surface area contributed by atoms with E-state index in [1.54, 1.807) is 12.1 Å². The van der Waals surface area contributed by atoms with Crippen molar-refractivity contribution < 1.29 is 13.2 Å². The van der Waals surface area contributed by atoms with E-state index in [2.05, 4.69) is 39.8 Å². The molecule has 1 aromatic carbocycles. The minimum Gasteiger partial charge on any atom is -0.379 e. The van der Waals surface area contributed by atoms with Gasteiger partial charge in [-0.25, -0.2) is 13.1 Å². The number of sulfonamides is 1. The smallest absolute Gasteiger partial charge is 0.250 e. The monoisotopic (exact) mass is 455 g/mol. The van der Waals surface area contributed by atoms with E-state index in [0.717, 1.165) is 49.4 Å². The number of nitrogens with one attached hydrogen (secondary N) is 1. The lowest BCUT2D eigenvalue weighted by molar-refractivity contribution is 0.0172. The van der Waals surface area contributed by atoms with Gasteiger partial charge in [-0.3, -0.25) is 4.90 Å². The van der Waals surface area contributed by atoms with Crippen LogP contribution in [0.5, 0.6) is 0 Å². The fraction of sp³-hybridized carbons (Fsp3) is 0.500. The Kier molecular flexibility index (Phi) is 6.48. The number of nitrogens with zero attached hydrogens (tertiary/aromatic N) is 2. The zero-order valence-corrected chi connectivity index (χ0v) is 18.8. The first kappa shape index (κ1) is 21.1. The highest BCUT2D eigenvalue weighted by Gasteiger charge is 2.27. The Morgan fingerprint density at radius 1 is 1.21 bits per heavy atom.